The van der Waals surface area contributed by atoms with E-state index in [1.165, 1.54) is 29.6 Å². The summed E-state index contributed by atoms with van der Waals surface area (Å²) in [5.41, 5.74) is 5.53. The van der Waals surface area contributed by atoms with Crippen molar-refractivity contribution in [2.24, 2.45) is 5.10 Å². The van der Waals surface area contributed by atoms with E-state index in [-0.39, 0.29) is 6.17 Å². The third-order valence-corrected chi connectivity index (χ3v) is 5.29. The van der Waals surface area contributed by atoms with E-state index in [4.69, 9.17) is 0 Å². The molecule has 21 heavy (non-hydrogen) atoms. The lowest BCUT2D eigenvalue weighted by atomic mass is 10.1. The van der Waals surface area contributed by atoms with Crippen LogP contribution in [0.1, 0.15) is 12.0 Å². The summed E-state index contributed by atoms with van der Waals surface area (Å²) in [4.78, 5) is 2.58. The number of rotatable bonds is 2. The molecule has 2 saturated heterocycles. The average molecular weight is 283 g/mol. The van der Waals surface area contributed by atoms with Gasteiger partial charge in [-0.05, 0) is 12.2 Å². The lowest BCUT2D eigenvalue weighted by Gasteiger charge is -2.41. The monoisotopic (exact) mass is 283 g/mol. The number of benzene rings is 1. The highest BCUT2D eigenvalue weighted by Gasteiger charge is 2.52. The van der Waals surface area contributed by atoms with Gasteiger partial charge in [-0.15, -0.1) is 0 Å². The number of likely N-dealkylation sites (N-methyl/N-ethyl adjacent to an activating group) is 1. The second-order valence-electron chi connectivity index (χ2n) is 7.00. The van der Waals surface area contributed by atoms with Crippen LogP contribution in [0, 0.1) is 0 Å². The van der Waals surface area contributed by atoms with Crippen molar-refractivity contribution in [2.45, 2.75) is 24.7 Å². The molecule has 110 valence electrons. The molecule has 0 radical (unpaired) electrons. The molecule has 1 aromatic rings. The number of nitrogens with zero attached hydrogens (tertiary/aromatic N) is 3. The molecular formula is C17H23N4+. The summed E-state index contributed by atoms with van der Waals surface area (Å²) >= 11 is 0. The molecule has 4 nitrogen and oxygen atoms in total. The molecule has 2 bridgehead atoms. The van der Waals surface area contributed by atoms with Crippen LogP contribution in [0.2, 0.25) is 0 Å². The van der Waals surface area contributed by atoms with Crippen LogP contribution < -0.4 is 5.43 Å². The van der Waals surface area contributed by atoms with Gasteiger partial charge >= 0.3 is 0 Å². The van der Waals surface area contributed by atoms with Gasteiger partial charge in [0.25, 0.3) is 0 Å². The minimum absolute atomic E-state index is 0.257. The van der Waals surface area contributed by atoms with Crippen molar-refractivity contribution in [3.8, 4) is 0 Å². The first kappa shape index (κ1) is 13.0. The zero-order chi connectivity index (χ0) is 14.4. The van der Waals surface area contributed by atoms with Crippen LogP contribution in [0.4, 0.5) is 0 Å². The number of fused-ring (bicyclic) bond motifs is 2. The van der Waals surface area contributed by atoms with E-state index in [0.29, 0.717) is 6.04 Å². The van der Waals surface area contributed by atoms with Crippen LogP contribution in [0.3, 0.4) is 0 Å². The first-order valence-corrected chi connectivity index (χ1v) is 7.79. The van der Waals surface area contributed by atoms with Crippen LogP contribution in [0.15, 0.2) is 47.6 Å². The smallest absolute Gasteiger partial charge is 0.116 e. The SMILES string of the molecule is C[N+]1(C)CC2C[C@H]1CN2[C@@H]1C=CC(c2ccccc2)=NN1. The van der Waals surface area contributed by atoms with E-state index < -0.39 is 0 Å². The van der Waals surface area contributed by atoms with Crippen molar-refractivity contribution in [1.29, 1.82) is 0 Å². The van der Waals surface area contributed by atoms with Gasteiger partial charge in [0.05, 0.1) is 38.9 Å². The van der Waals surface area contributed by atoms with Gasteiger partial charge in [0.15, 0.2) is 0 Å². The van der Waals surface area contributed by atoms with E-state index in [1.807, 2.05) is 6.07 Å². The van der Waals surface area contributed by atoms with E-state index in [9.17, 15) is 0 Å². The van der Waals surface area contributed by atoms with Crippen molar-refractivity contribution in [3.05, 3.63) is 48.0 Å². The topological polar surface area (TPSA) is 27.6 Å². The molecular weight excluding hydrogens is 260 g/mol. The Morgan fingerprint density at radius 2 is 2.05 bits per heavy atom. The molecule has 0 saturated carbocycles. The van der Waals surface area contributed by atoms with Crippen molar-refractivity contribution < 1.29 is 4.48 Å². The van der Waals surface area contributed by atoms with Crippen molar-refractivity contribution in [1.82, 2.24) is 10.3 Å². The lowest BCUT2D eigenvalue weighted by molar-refractivity contribution is -0.906. The van der Waals surface area contributed by atoms with Crippen LogP contribution in [-0.4, -0.2) is 60.5 Å². The van der Waals surface area contributed by atoms with Crippen LogP contribution in [0.5, 0.6) is 0 Å². The third-order valence-electron chi connectivity index (χ3n) is 5.29. The molecule has 1 unspecified atom stereocenters. The summed E-state index contributed by atoms with van der Waals surface area (Å²) in [6, 6.07) is 11.8. The number of nitrogens with one attached hydrogen (secondary N) is 1. The summed E-state index contributed by atoms with van der Waals surface area (Å²) in [7, 11) is 4.72. The van der Waals surface area contributed by atoms with Gasteiger partial charge in [-0.3, -0.25) is 10.3 Å². The molecule has 3 aliphatic rings. The molecule has 1 aromatic carbocycles. The maximum Gasteiger partial charge on any atom is 0.116 e. The predicted molar refractivity (Wildman–Crippen MR) is 84.9 cm³/mol. The zero-order valence-corrected chi connectivity index (χ0v) is 12.7. The fraction of sp³-hybridized carbons (Fsp3) is 0.471. The Labute approximate surface area is 126 Å². The summed E-state index contributed by atoms with van der Waals surface area (Å²) < 4.78 is 1.18. The fourth-order valence-electron chi connectivity index (χ4n) is 3.99. The van der Waals surface area contributed by atoms with E-state index in [2.05, 4.69) is 65.9 Å². The normalized spacial score (nSPS) is 33.8. The van der Waals surface area contributed by atoms with Crippen LogP contribution in [0.25, 0.3) is 0 Å². The standard InChI is InChI=1S/C17H23N4/c1-21(2)12-14-10-15(21)11-20(14)17-9-8-16(18-19-17)13-6-4-3-5-7-13/h3-9,14-15,17,19H,10-12H2,1-2H3/q+1/t14?,15-,17+/m0/s1. The number of allylic oxidation sites excluding steroid dienone is 1. The summed E-state index contributed by atoms with van der Waals surface area (Å²) in [5.74, 6) is 0. The average Bonchev–Trinajstić information content (AvgIpc) is 3.04. The second kappa shape index (κ2) is 4.68. The highest BCUT2D eigenvalue weighted by atomic mass is 15.5. The maximum absolute atomic E-state index is 4.58. The Hall–Kier alpha value is -1.65. The van der Waals surface area contributed by atoms with Gasteiger partial charge in [0, 0.05) is 12.0 Å². The Kier molecular flexibility index (Phi) is 2.91. The molecule has 2 fully saturated rings. The number of piperazine rings is 1. The number of quaternary nitrogens is 1. The quantitative estimate of drug-likeness (QED) is 0.831. The third kappa shape index (κ3) is 2.19. The molecule has 3 aliphatic heterocycles. The fourth-order valence-corrected chi connectivity index (χ4v) is 3.99. The number of hydrazone groups is 1. The minimum Gasteiger partial charge on any atom is -0.324 e. The van der Waals surface area contributed by atoms with Crippen molar-refractivity contribution >= 4 is 5.71 Å². The Balaban J connectivity index is 1.46. The highest BCUT2D eigenvalue weighted by molar-refractivity contribution is 6.08. The van der Waals surface area contributed by atoms with Gasteiger partial charge in [-0.25, -0.2) is 0 Å². The maximum atomic E-state index is 4.58. The number of hydrogen-bond donors (Lipinski definition) is 1. The molecule has 4 rings (SSSR count). The highest BCUT2D eigenvalue weighted by Crippen LogP contribution is 2.35. The summed E-state index contributed by atoms with van der Waals surface area (Å²) in [5, 5.41) is 4.58. The first-order valence-electron chi connectivity index (χ1n) is 7.79. The number of hydrogen-bond acceptors (Lipinski definition) is 3. The Morgan fingerprint density at radius 3 is 2.62 bits per heavy atom. The molecule has 0 spiro atoms. The Morgan fingerprint density at radius 1 is 1.24 bits per heavy atom. The summed E-state index contributed by atoms with van der Waals surface area (Å²) in [6.45, 7) is 2.43. The first-order chi connectivity index (χ1) is 10.1. The van der Waals surface area contributed by atoms with E-state index >= 15 is 0 Å². The molecule has 4 heteroatoms. The number of likely N-dealkylation sites (tertiary alicyclic amines) is 2. The van der Waals surface area contributed by atoms with Gasteiger partial charge in [0.1, 0.15) is 12.2 Å². The van der Waals surface area contributed by atoms with Crippen molar-refractivity contribution in [3.63, 3.8) is 0 Å². The Bertz CT molecular complexity index is 590. The molecule has 3 atom stereocenters. The molecule has 0 aliphatic carbocycles. The molecule has 0 aromatic heterocycles. The van der Waals surface area contributed by atoms with Gasteiger partial charge in [-0.1, -0.05) is 30.3 Å². The lowest BCUT2D eigenvalue weighted by Crippen LogP contribution is -2.59. The van der Waals surface area contributed by atoms with Gasteiger partial charge in [0.2, 0.25) is 0 Å². The molecule has 1 N–H and O–H groups in total. The van der Waals surface area contributed by atoms with Crippen LogP contribution >= 0.6 is 0 Å². The molecule has 0 amide bonds. The van der Waals surface area contributed by atoms with Crippen molar-refractivity contribution in [2.75, 3.05) is 27.2 Å². The molecule has 3 heterocycles. The predicted octanol–water partition coefficient (Wildman–Crippen LogP) is 1.41. The largest absolute Gasteiger partial charge is 0.324 e. The second-order valence-corrected chi connectivity index (χ2v) is 7.00. The minimum atomic E-state index is 0.257. The zero-order valence-electron chi connectivity index (χ0n) is 12.7. The van der Waals surface area contributed by atoms with Gasteiger partial charge in [-0.2, -0.15) is 5.10 Å². The van der Waals surface area contributed by atoms with Gasteiger partial charge < -0.3 is 4.48 Å². The van der Waals surface area contributed by atoms with E-state index in [1.54, 1.807) is 0 Å². The van der Waals surface area contributed by atoms with E-state index in [0.717, 1.165) is 11.8 Å². The summed E-state index contributed by atoms with van der Waals surface area (Å²) in [6.07, 6.45) is 6.00. The van der Waals surface area contributed by atoms with Crippen LogP contribution in [-0.2, 0) is 0 Å².